The first kappa shape index (κ1) is 14.6. The van der Waals surface area contributed by atoms with Crippen LogP contribution in [0.4, 0.5) is 17.1 Å². The summed E-state index contributed by atoms with van der Waals surface area (Å²) in [6.45, 7) is 0. The third-order valence-corrected chi connectivity index (χ3v) is 3.78. The van der Waals surface area contributed by atoms with Gasteiger partial charge in [0.25, 0.3) is 5.91 Å². The van der Waals surface area contributed by atoms with E-state index < -0.39 is 5.91 Å². The molecular weight excluding hydrogens is 294 g/mol. The van der Waals surface area contributed by atoms with Gasteiger partial charge >= 0.3 is 0 Å². The second kappa shape index (κ2) is 6.07. The minimum atomic E-state index is -0.581. The van der Waals surface area contributed by atoms with Gasteiger partial charge in [0.15, 0.2) is 0 Å². The van der Waals surface area contributed by atoms with Crippen LogP contribution in [0, 0.1) is 0 Å². The van der Waals surface area contributed by atoms with Crippen molar-refractivity contribution < 1.29 is 4.79 Å². The number of carbonyl (C=O) groups excluding carboxylic acids is 1. The highest BCUT2D eigenvalue weighted by Gasteiger charge is 2.13. The summed E-state index contributed by atoms with van der Waals surface area (Å²) in [5, 5.41) is 3.46. The lowest BCUT2D eigenvalue weighted by Gasteiger charge is -2.13. The van der Waals surface area contributed by atoms with Crippen LogP contribution in [0.15, 0.2) is 41.3 Å². The average Bonchev–Trinajstić information content (AvgIpc) is 2.42. The molecule has 2 aromatic rings. The highest BCUT2D eigenvalue weighted by Crippen LogP contribution is 2.32. The number of nitrogen functional groups attached to an aromatic ring is 1. The monoisotopic (exact) mass is 307 g/mol. The molecule has 0 saturated carbocycles. The van der Waals surface area contributed by atoms with E-state index in [0.717, 1.165) is 10.6 Å². The van der Waals surface area contributed by atoms with Crippen molar-refractivity contribution in [3.05, 3.63) is 47.0 Å². The van der Waals surface area contributed by atoms with E-state index in [1.165, 1.54) is 6.07 Å². The first-order chi connectivity index (χ1) is 9.51. The van der Waals surface area contributed by atoms with Crippen molar-refractivity contribution in [1.29, 1.82) is 0 Å². The molecule has 0 fully saturated rings. The van der Waals surface area contributed by atoms with Crippen molar-refractivity contribution in [3.63, 3.8) is 0 Å². The molecule has 0 aliphatic carbocycles. The Balaban J connectivity index is 2.39. The summed E-state index contributed by atoms with van der Waals surface area (Å²) in [6.07, 6.45) is 2.00. The summed E-state index contributed by atoms with van der Waals surface area (Å²) in [6, 6.07) is 10.8. The van der Waals surface area contributed by atoms with E-state index in [1.807, 2.05) is 30.5 Å². The van der Waals surface area contributed by atoms with Crippen LogP contribution in [0.5, 0.6) is 0 Å². The molecule has 0 spiro atoms. The van der Waals surface area contributed by atoms with Gasteiger partial charge in [0, 0.05) is 16.3 Å². The van der Waals surface area contributed by atoms with Gasteiger partial charge in [-0.05, 0) is 42.7 Å². The molecule has 104 valence electrons. The van der Waals surface area contributed by atoms with Crippen LogP contribution in [0.3, 0.4) is 0 Å². The molecule has 2 aromatic carbocycles. The first-order valence-corrected chi connectivity index (χ1v) is 7.41. The Morgan fingerprint density at radius 1 is 1.25 bits per heavy atom. The number of rotatable bonds is 4. The van der Waals surface area contributed by atoms with Crippen LogP contribution in [-0.2, 0) is 0 Å². The summed E-state index contributed by atoms with van der Waals surface area (Å²) in [5.74, 6) is -0.581. The summed E-state index contributed by atoms with van der Waals surface area (Å²) in [5.41, 5.74) is 13.0. The molecule has 1 amide bonds. The number of benzene rings is 2. The zero-order chi connectivity index (χ0) is 14.7. The highest BCUT2D eigenvalue weighted by atomic mass is 35.5. The van der Waals surface area contributed by atoms with Crippen molar-refractivity contribution in [3.8, 4) is 0 Å². The van der Waals surface area contributed by atoms with Crippen LogP contribution < -0.4 is 16.8 Å². The molecule has 4 nitrogen and oxygen atoms in total. The molecule has 0 heterocycles. The summed E-state index contributed by atoms with van der Waals surface area (Å²) >= 11 is 7.79. The van der Waals surface area contributed by atoms with Gasteiger partial charge in [-0.3, -0.25) is 4.79 Å². The fraction of sp³-hybridized carbons (Fsp3) is 0.0714. The molecule has 0 saturated heterocycles. The Hall–Kier alpha value is -1.85. The predicted molar refractivity (Wildman–Crippen MR) is 85.9 cm³/mol. The zero-order valence-corrected chi connectivity index (χ0v) is 12.4. The van der Waals surface area contributed by atoms with E-state index in [9.17, 15) is 4.79 Å². The summed E-state index contributed by atoms with van der Waals surface area (Å²) < 4.78 is 0. The number of nitrogens with two attached hydrogens (primary N) is 2. The van der Waals surface area contributed by atoms with Crippen LogP contribution >= 0.6 is 23.4 Å². The summed E-state index contributed by atoms with van der Waals surface area (Å²) in [7, 11) is 0. The topological polar surface area (TPSA) is 81.1 Å². The second-order valence-corrected chi connectivity index (χ2v) is 5.43. The maximum absolute atomic E-state index is 11.5. The number of carbonyl (C=O) groups is 1. The lowest BCUT2D eigenvalue weighted by Crippen LogP contribution is -2.14. The van der Waals surface area contributed by atoms with E-state index in [4.69, 9.17) is 23.1 Å². The van der Waals surface area contributed by atoms with Gasteiger partial charge in [-0.1, -0.05) is 11.6 Å². The van der Waals surface area contributed by atoms with Gasteiger partial charge in [0.2, 0.25) is 0 Å². The Morgan fingerprint density at radius 3 is 2.45 bits per heavy atom. The lowest BCUT2D eigenvalue weighted by atomic mass is 10.1. The number of amides is 1. The van der Waals surface area contributed by atoms with Crippen LogP contribution in [0.1, 0.15) is 10.4 Å². The maximum atomic E-state index is 11.5. The van der Waals surface area contributed by atoms with E-state index >= 15 is 0 Å². The van der Waals surface area contributed by atoms with Crippen LogP contribution in [-0.4, -0.2) is 12.2 Å². The van der Waals surface area contributed by atoms with Crippen molar-refractivity contribution in [2.24, 2.45) is 5.73 Å². The van der Waals surface area contributed by atoms with Gasteiger partial charge in [-0.25, -0.2) is 0 Å². The molecule has 0 radical (unpaired) electrons. The van der Waals surface area contributed by atoms with E-state index in [2.05, 4.69) is 5.32 Å². The van der Waals surface area contributed by atoms with Gasteiger partial charge in [-0.15, -0.1) is 11.8 Å². The molecule has 20 heavy (non-hydrogen) atoms. The van der Waals surface area contributed by atoms with Crippen LogP contribution in [0.2, 0.25) is 5.02 Å². The van der Waals surface area contributed by atoms with Crippen LogP contribution in [0.25, 0.3) is 0 Å². The van der Waals surface area contributed by atoms with E-state index in [1.54, 1.807) is 17.8 Å². The van der Waals surface area contributed by atoms with Crippen molar-refractivity contribution in [2.45, 2.75) is 4.90 Å². The molecule has 6 heteroatoms. The summed E-state index contributed by atoms with van der Waals surface area (Å²) in [4.78, 5) is 12.6. The Morgan fingerprint density at radius 2 is 1.90 bits per heavy atom. The largest absolute Gasteiger partial charge is 0.399 e. The molecule has 0 aliphatic rings. The minimum Gasteiger partial charge on any atom is -0.399 e. The Bertz CT molecular complexity index is 644. The minimum absolute atomic E-state index is 0.268. The van der Waals surface area contributed by atoms with Gasteiger partial charge in [0.05, 0.1) is 16.3 Å². The fourth-order valence-corrected chi connectivity index (χ4v) is 2.45. The fourth-order valence-electron chi connectivity index (χ4n) is 1.77. The normalized spacial score (nSPS) is 10.3. The maximum Gasteiger partial charge on any atom is 0.250 e. The third kappa shape index (κ3) is 3.18. The Labute approximate surface area is 126 Å². The van der Waals surface area contributed by atoms with Crippen molar-refractivity contribution in [2.75, 3.05) is 17.3 Å². The second-order valence-electron chi connectivity index (χ2n) is 4.14. The number of anilines is 3. The van der Waals surface area contributed by atoms with E-state index in [-0.39, 0.29) is 5.56 Å². The third-order valence-electron chi connectivity index (χ3n) is 2.74. The van der Waals surface area contributed by atoms with Gasteiger partial charge in [0.1, 0.15) is 0 Å². The van der Waals surface area contributed by atoms with Crippen molar-refractivity contribution >= 4 is 46.3 Å². The lowest BCUT2D eigenvalue weighted by molar-refractivity contribution is 0.100. The molecule has 2 rings (SSSR count). The number of primary amides is 1. The van der Waals surface area contributed by atoms with Gasteiger partial charge < -0.3 is 16.8 Å². The van der Waals surface area contributed by atoms with Crippen molar-refractivity contribution in [1.82, 2.24) is 0 Å². The first-order valence-electron chi connectivity index (χ1n) is 5.81. The smallest absolute Gasteiger partial charge is 0.250 e. The number of hydrogen-bond donors (Lipinski definition) is 3. The SMILES string of the molecule is CSc1ccc(Nc2c(Cl)cc(N)cc2C(N)=O)cc1. The highest BCUT2D eigenvalue weighted by molar-refractivity contribution is 7.98. The molecule has 0 unspecified atom stereocenters. The average molecular weight is 308 g/mol. The molecule has 0 aliphatic heterocycles. The Kier molecular flexibility index (Phi) is 4.42. The van der Waals surface area contributed by atoms with E-state index in [0.29, 0.717) is 16.4 Å². The standard InChI is InChI=1S/C14H14ClN3OS/c1-20-10-4-2-9(3-5-10)18-13-11(14(17)19)6-8(16)7-12(13)15/h2-7,18H,16H2,1H3,(H2,17,19). The molecule has 0 aromatic heterocycles. The molecule has 0 atom stereocenters. The van der Waals surface area contributed by atoms with Gasteiger partial charge in [-0.2, -0.15) is 0 Å². The quantitative estimate of drug-likeness (QED) is 0.596. The molecular formula is C14H14ClN3OS. The molecule has 0 bridgehead atoms. The number of hydrogen-bond acceptors (Lipinski definition) is 4. The number of nitrogens with one attached hydrogen (secondary N) is 1. The zero-order valence-electron chi connectivity index (χ0n) is 10.8. The number of thioether (sulfide) groups is 1. The molecule has 5 N–H and O–H groups in total. The predicted octanol–water partition coefficient (Wildman–Crippen LogP) is 3.49. The number of halogens is 1.